The molecule has 1 atom stereocenters. The minimum atomic E-state index is -0.592. The van der Waals surface area contributed by atoms with Crippen molar-refractivity contribution in [3.8, 4) is 0 Å². The van der Waals surface area contributed by atoms with Crippen LogP contribution in [0.25, 0.3) is 0 Å². The van der Waals surface area contributed by atoms with E-state index in [1.54, 1.807) is 6.92 Å². The second kappa shape index (κ2) is 4.43. The summed E-state index contributed by atoms with van der Waals surface area (Å²) in [4.78, 5) is 0. The maximum Gasteiger partial charge on any atom is 0.107 e. The molecule has 1 nitrogen and oxygen atoms in total. The van der Waals surface area contributed by atoms with Gasteiger partial charge in [0.15, 0.2) is 0 Å². The Morgan fingerprint density at radius 2 is 2.00 bits per heavy atom. The van der Waals surface area contributed by atoms with E-state index in [1.807, 2.05) is 24.3 Å². The van der Waals surface area contributed by atoms with E-state index in [-0.39, 0.29) is 0 Å². The highest BCUT2D eigenvalue weighted by molar-refractivity contribution is 9.10. The van der Waals surface area contributed by atoms with E-state index in [0.717, 1.165) is 15.6 Å². The number of benzene rings is 1. The Hall–Kier alpha value is -0.820. The Kier molecular flexibility index (Phi) is 3.49. The van der Waals surface area contributed by atoms with Crippen molar-refractivity contribution in [2.75, 3.05) is 0 Å². The first kappa shape index (κ1) is 10.3. The van der Waals surface area contributed by atoms with Crippen molar-refractivity contribution in [1.29, 1.82) is 0 Å². The molecule has 0 amide bonds. The van der Waals surface area contributed by atoms with Gasteiger partial charge in [-0.2, -0.15) is 0 Å². The molecule has 0 saturated carbocycles. The van der Waals surface area contributed by atoms with E-state index in [4.69, 9.17) is 0 Å². The summed E-state index contributed by atoms with van der Waals surface area (Å²) in [6.45, 7) is 5.30. The van der Waals surface area contributed by atoms with E-state index >= 15 is 0 Å². The minimum absolute atomic E-state index is 0.592. The van der Waals surface area contributed by atoms with Gasteiger partial charge >= 0.3 is 0 Å². The molecule has 0 aliphatic heterocycles. The molecule has 1 N–H and O–H groups in total. The Bertz CT molecular complexity index is 334. The van der Waals surface area contributed by atoms with Gasteiger partial charge in [0.1, 0.15) is 6.10 Å². The maximum atomic E-state index is 9.73. The predicted molar refractivity (Wildman–Crippen MR) is 57.4 cm³/mol. The molecule has 13 heavy (non-hydrogen) atoms. The molecule has 0 saturated heterocycles. The third kappa shape index (κ3) is 2.56. The summed E-state index contributed by atoms with van der Waals surface area (Å²) in [6, 6.07) is 7.54. The van der Waals surface area contributed by atoms with Crippen LogP contribution in [0.15, 0.2) is 46.6 Å². The van der Waals surface area contributed by atoms with Crippen molar-refractivity contribution in [3.63, 3.8) is 0 Å². The van der Waals surface area contributed by atoms with E-state index in [9.17, 15) is 5.11 Å². The molecule has 1 rings (SSSR count). The zero-order valence-corrected chi connectivity index (χ0v) is 9.01. The van der Waals surface area contributed by atoms with Gasteiger partial charge in [0.25, 0.3) is 0 Å². The normalized spacial score (nSPS) is 11.9. The first-order valence-electron chi connectivity index (χ1n) is 3.95. The molecule has 0 bridgehead atoms. The summed E-state index contributed by atoms with van der Waals surface area (Å²) in [7, 11) is 0. The molecular formula is C11H11BrO. The van der Waals surface area contributed by atoms with Crippen LogP contribution in [0.5, 0.6) is 0 Å². The van der Waals surface area contributed by atoms with E-state index in [1.165, 1.54) is 0 Å². The fourth-order valence-corrected chi connectivity index (χ4v) is 1.26. The van der Waals surface area contributed by atoms with Crippen LogP contribution >= 0.6 is 15.9 Å². The minimum Gasteiger partial charge on any atom is -0.383 e. The molecule has 68 valence electrons. The van der Waals surface area contributed by atoms with Gasteiger partial charge < -0.3 is 5.11 Å². The average molecular weight is 239 g/mol. The monoisotopic (exact) mass is 238 g/mol. The molecule has 0 spiro atoms. The molecule has 1 aromatic rings. The first-order valence-corrected chi connectivity index (χ1v) is 4.74. The lowest BCUT2D eigenvalue weighted by Gasteiger charge is -2.09. The molecule has 0 aliphatic carbocycles. The van der Waals surface area contributed by atoms with Gasteiger partial charge in [-0.05, 0) is 24.6 Å². The van der Waals surface area contributed by atoms with Gasteiger partial charge in [-0.15, -0.1) is 5.73 Å². The summed E-state index contributed by atoms with van der Waals surface area (Å²) in [6.07, 6.45) is -0.592. The van der Waals surface area contributed by atoms with Crippen molar-refractivity contribution in [1.82, 2.24) is 0 Å². The quantitative estimate of drug-likeness (QED) is 0.785. The molecule has 1 unspecified atom stereocenters. The molecule has 0 aliphatic rings. The SMILES string of the molecule is C=C=C(C)C(O)c1ccc(Br)cc1. The third-order valence-electron chi connectivity index (χ3n) is 1.87. The molecule has 0 aromatic heterocycles. The maximum absolute atomic E-state index is 9.73. The van der Waals surface area contributed by atoms with Crippen molar-refractivity contribution >= 4 is 15.9 Å². The Morgan fingerprint density at radius 1 is 1.46 bits per heavy atom. The summed E-state index contributed by atoms with van der Waals surface area (Å²) < 4.78 is 1.00. The number of hydrogen-bond donors (Lipinski definition) is 1. The lowest BCUT2D eigenvalue weighted by Crippen LogP contribution is -1.97. The Labute approximate surface area is 86.5 Å². The fourth-order valence-electron chi connectivity index (χ4n) is 0.992. The number of aliphatic hydroxyl groups is 1. The van der Waals surface area contributed by atoms with E-state index in [2.05, 4.69) is 28.2 Å². The zero-order valence-electron chi connectivity index (χ0n) is 7.42. The zero-order chi connectivity index (χ0) is 9.84. The molecule has 0 fully saturated rings. The van der Waals surface area contributed by atoms with Crippen LogP contribution in [-0.4, -0.2) is 5.11 Å². The molecule has 1 aromatic carbocycles. The van der Waals surface area contributed by atoms with Gasteiger partial charge in [-0.1, -0.05) is 34.6 Å². The second-order valence-corrected chi connectivity index (χ2v) is 3.73. The fraction of sp³-hybridized carbons (Fsp3) is 0.182. The highest BCUT2D eigenvalue weighted by atomic mass is 79.9. The second-order valence-electron chi connectivity index (χ2n) is 2.81. The van der Waals surface area contributed by atoms with Crippen molar-refractivity contribution in [3.05, 3.63) is 52.2 Å². The summed E-state index contributed by atoms with van der Waals surface area (Å²) in [5.41, 5.74) is 4.28. The highest BCUT2D eigenvalue weighted by Crippen LogP contribution is 2.21. The lowest BCUT2D eigenvalue weighted by atomic mass is 10.0. The molecule has 0 radical (unpaired) electrons. The predicted octanol–water partition coefficient (Wildman–Crippen LogP) is 3.21. The first-order chi connectivity index (χ1) is 6.15. The number of hydrogen-bond acceptors (Lipinski definition) is 1. The largest absolute Gasteiger partial charge is 0.383 e. The standard InChI is InChI=1S/C11H11BrO/c1-3-8(2)11(13)9-4-6-10(12)7-5-9/h4-7,11,13H,1H2,2H3. The van der Waals surface area contributed by atoms with Gasteiger partial charge in [0.05, 0.1) is 0 Å². The Morgan fingerprint density at radius 3 is 2.46 bits per heavy atom. The smallest absolute Gasteiger partial charge is 0.107 e. The van der Waals surface area contributed by atoms with Crippen molar-refractivity contribution in [2.45, 2.75) is 13.0 Å². The van der Waals surface area contributed by atoms with Crippen LogP contribution in [0.1, 0.15) is 18.6 Å². The van der Waals surface area contributed by atoms with Gasteiger partial charge in [-0.3, -0.25) is 0 Å². The van der Waals surface area contributed by atoms with Crippen LogP contribution in [0, 0.1) is 0 Å². The van der Waals surface area contributed by atoms with Crippen LogP contribution in [-0.2, 0) is 0 Å². The van der Waals surface area contributed by atoms with Gasteiger partial charge in [0.2, 0.25) is 0 Å². The number of rotatable bonds is 2. The van der Waals surface area contributed by atoms with Crippen LogP contribution < -0.4 is 0 Å². The Balaban J connectivity index is 2.96. The third-order valence-corrected chi connectivity index (χ3v) is 2.40. The molecule has 2 heteroatoms. The summed E-state index contributed by atoms with van der Waals surface area (Å²) in [5.74, 6) is 0. The topological polar surface area (TPSA) is 20.2 Å². The van der Waals surface area contributed by atoms with E-state index < -0.39 is 6.10 Å². The summed E-state index contributed by atoms with van der Waals surface area (Å²) in [5, 5.41) is 9.73. The number of aliphatic hydroxyl groups excluding tert-OH is 1. The van der Waals surface area contributed by atoms with Crippen molar-refractivity contribution < 1.29 is 5.11 Å². The van der Waals surface area contributed by atoms with Gasteiger partial charge in [0, 0.05) is 10.0 Å². The number of halogens is 1. The summed E-state index contributed by atoms with van der Waals surface area (Å²) >= 11 is 3.33. The van der Waals surface area contributed by atoms with Crippen molar-refractivity contribution in [2.24, 2.45) is 0 Å². The van der Waals surface area contributed by atoms with Crippen LogP contribution in [0.4, 0.5) is 0 Å². The van der Waals surface area contributed by atoms with Gasteiger partial charge in [-0.25, -0.2) is 0 Å². The average Bonchev–Trinajstić information content (AvgIpc) is 2.17. The van der Waals surface area contributed by atoms with Crippen LogP contribution in [0.2, 0.25) is 0 Å². The lowest BCUT2D eigenvalue weighted by molar-refractivity contribution is 0.216. The highest BCUT2D eigenvalue weighted by Gasteiger charge is 2.07. The van der Waals surface area contributed by atoms with Crippen LogP contribution in [0.3, 0.4) is 0 Å². The molecular weight excluding hydrogens is 228 g/mol. The van der Waals surface area contributed by atoms with E-state index in [0.29, 0.717) is 0 Å². The molecule has 0 heterocycles.